The molecule has 0 bridgehead atoms. The SMILES string of the molecule is CCSc1nc2ccc(NCC3(c4ccccc4)N=NN=N3)cc2s1. The summed E-state index contributed by atoms with van der Waals surface area (Å²) >= 11 is 3.49. The molecular formula is C17H16N6S2. The summed E-state index contributed by atoms with van der Waals surface area (Å²) in [5, 5.41) is 19.4. The van der Waals surface area contributed by atoms with Gasteiger partial charge >= 0.3 is 0 Å². The molecule has 8 heteroatoms. The molecule has 2 heterocycles. The van der Waals surface area contributed by atoms with Crippen molar-refractivity contribution in [2.45, 2.75) is 16.9 Å². The summed E-state index contributed by atoms with van der Waals surface area (Å²) in [7, 11) is 0. The van der Waals surface area contributed by atoms with Gasteiger partial charge in [-0.2, -0.15) is 0 Å². The van der Waals surface area contributed by atoms with Crippen LogP contribution in [0.15, 0.2) is 73.5 Å². The molecule has 1 aliphatic rings. The first-order valence-corrected chi connectivity index (χ1v) is 9.76. The van der Waals surface area contributed by atoms with E-state index in [9.17, 15) is 0 Å². The first kappa shape index (κ1) is 16.2. The van der Waals surface area contributed by atoms with Gasteiger partial charge in [-0.05, 0) is 34.4 Å². The van der Waals surface area contributed by atoms with E-state index in [4.69, 9.17) is 0 Å². The number of benzene rings is 2. The highest BCUT2D eigenvalue weighted by Crippen LogP contribution is 2.34. The molecule has 6 nitrogen and oxygen atoms in total. The Morgan fingerprint density at radius 2 is 1.88 bits per heavy atom. The third kappa shape index (κ3) is 3.27. The van der Waals surface area contributed by atoms with Crippen LogP contribution in [0, 0.1) is 0 Å². The average Bonchev–Trinajstić information content (AvgIpc) is 3.28. The fourth-order valence-corrected chi connectivity index (χ4v) is 4.63. The molecular weight excluding hydrogens is 352 g/mol. The maximum atomic E-state index is 4.63. The molecule has 0 spiro atoms. The van der Waals surface area contributed by atoms with Crippen LogP contribution >= 0.6 is 23.1 Å². The zero-order valence-corrected chi connectivity index (χ0v) is 15.2. The highest BCUT2D eigenvalue weighted by Gasteiger charge is 2.35. The van der Waals surface area contributed by atoms with E-state index >= 15 is 0 Å². The molecule has 1 N–H and O–H groups in total. The number of nitrogens with one attached hydrogen (secondary N) is 1. The van der Waals surface area contributed by atoms with Gasteiger partial charge in [-0.15, -0.1) is 21.6 Å². The second kappa shape index (κ2) is 6.89. The Hall–Kier alpha value is -2.32. The Kier molecular flexibility index (Phi) is 4.46. The van der Waals surface area contributed by atoms with Gasteiger partial charge in [0.25, 0.3) is 0 Å². The number of aromatic nitrogens is 1. The van der Waals surface area contributed by atoms with Gasteiger partial charge in [0, 0.05) is 11.3 Å². The van der Waals surface area contributed by atoms with E-state index in [1.807, 2.05) is 42.5 Å². The van der Waals surface area contributed by atoms with Crippen LogP contribution in [0.25, 0.3) is 10.2 Å². The molecule has 0 unspecified atom stereocenters. The predicted molar refractivity (Wildman–Crippen MR) is 102 cm³/mol. The average molecular weight is 368 g/mol. The molecule has 126 valence electrons. The number of thiazole rings is 1. The van der Waals surface area contributed by atoms with Crippen molar-refractivity contribution in [2.24, 2.45) is 20.7 Å². The van der Waals surface area contributed by atoms with E-state index in [0.717, 1.165) is 26.9 Å². The van der Waals surface area contributed by atoms with E-state index < -0.39 is 5.66 Å². The van der Waals surface area contributed by atoms with Gasteiger partial charge in [-0.3, -0.25) is 0 Å². The van der Waals surface area contributed by atoms with Crippen LogP contribution in [-0.4, -0.2) is 17.3 Å². The maximum Gasteiger partial charge on any atom is 0.237 e. The lowest BCUT2D eigenvalue weighted by Gasteiger charge is -2.21. The van der Waals surface area contributed by atoms with Crippen LogP contribution in [0.2, 0.25) is 0 Å². The van der Waals surface area contributed by atoms with E-state index in [0.29, 0.717) is 6.54 Å². The van der Waals surface area contributed by atoms with Crippen LogP contribution < -0.4 is 5.32 Å². The van der Waals surface area contributed by atoms with E-state index in [-0.39, 0.29) is 0 Å². The van der Waals surface area contributed by atoms with Crippen molar-refractivity contribution in [3.05, 3.63) is 54.1 Å². The molecule has 1 aromatic heterocycles. The lowest BCUT2D eigenvalue weighted by Crippen LogP contribution is -2.28. The van der Waals surface area contributed by atoms with Crippen LogP contribution in [-0.2, 0) is 5.66 Å². The highest BCUT2D eigenvalue weighted by molar-refractivity contribution is 8.01. The summed E-state index contributed by atoms with van der Waals surface area (Å²) in [6.45, 7) is 2.63. The number of hydrogen-bond donors (Lipinski definition) is 1. The lowest BCUT2D eigenvalue weighted by molar-refractivity contribution is 0.492. The predicted octanol–water partition coefficient (Wildman–Crippen LogP) is 5.51. The molecule has 3 aromatic rings. The molecule has 0 fully saturated rings. The van der Waals surface area contributed by atoms with Crippen LogP contribution in [0.4, 0.5) is 5.69 Å². The Morgan fingerprint density at radius 1 is 1.08 bits per heavy atom. The first-order chi connectivity index (χ1) is 12.3. The van der Waals surface area contributed by atoms with Crippen molar-refractivity contribution < 1.29 is 0 Å². The van der Waals surface area contributed by atoms with E-state index in [2.05, 4.69) is 44.0 Å². The molecule has 1 aliphatic heterocycles. The summed E-state index contributed by atoms with van der Waals surface area (Å²) < 4.78 is 2.28. The molecule has 0 aliphatic carbocycles. The third-order valence-electron chi connectivity index (χ3n) is 3.87. The summed E-state index contributed by atoms with van der Waals surface area (Å²) in [6.07, 6.45) is 0. The fourth-order valence-electron chi connectivity index (χ4n) is 2.63. The van der Waals surface area contributed by atoms with Gasteiger partial charge < -0.3 is 5.32 Å². The normalized spacial score (nSPS) is 15.1. The minimum atomic E-state index is -0.798. The topological polar surface area (TPSA) is 74.4 Å². The lowest BCUT2D eigenvalue weighted by atomic mass is 10.0. The summed E-state index contributed by atoms with van der Waals surface area (Å²) in [6, 6.07) is 16.1. The van der Waals surface area contributed by atoms with Crippen LogP contribution in [0.3, 0.4) is 0 Å². The molecule has 0 saturated carbocycles. The van der Waals surface area contributed by atoms with Crippen LogP contribution in [0.1, 0.15) is 12.5 Å². The third-order valence-corrected chi connectivity index (χ3v) is 5.92. The molecule has 0 saturated heterocycles. The zero-order chi connectivity index (χ0) is 17.1. The molecule has 0 radical (unpaired) electrons. The van der Waals surface area contributed by atoms with E-state index in [1.54, 1.807) is 23.1 Å². The first-order valence-electron chi connectivity index (χ1n) is 7.96. The molecule has 0 atom stereocenters. The summed E-state index contributed by atoms with van der Waals surface area (Å²) in [4.78, 5) is 4.63. The molecule has 2 aromatic carbocycles. The quantitative estimate of drug-likeness (QED) is 0.583. The Morgan fingerprint density at radius 3 is 2.64 bits per heavy atom. The second-order valence-corrected chi connectivity index (χ2v) is 8.05. The van der Waals surface area contributed by atoms with Crippen molar-refractivity contribution >= 4 is 39.0 Å². The van der Waals surface area contributed by atoms with Crippen molar-refractivity contribution in [1.82, 2.24) is 4.98 Å². The van der Waals surface area contributed by atoms with Crippen LogP contribution in [0.5, 0.6) is 0 Å². The van der Waals surface area contributed by atoms with Crippen molar-refractivity contribution in [1.29, 1.82) is 0 Å². The number of hydrogen-bond acceptors (Lipinski definition) is 8. The highest BCUT2D eigenvalue weighted by atomic mass is 32.2. The smallest absolute Gasteiger partial charge is 0.237 e. The van der Waals surface area contributed by atoms with Gasteiger partial charge in [0.2, 0.25) is 5.66 Å². The molecule has 0 amide bonds. The monoisotopic (exact) mass is 368 g/mol. The van der Waals surface area contributed by atoms with Crippen molar-refractivity contribution in [3.8, 4) is 0 Å². The minimum absolute atomic E-state index is 0.491. The van der Waals surface area contributed by atoms with Crippen molar-refractivity contribution in [2.75, 3.05) is 17.6 Å². The number of fused-ring (bicyclic) bond motifs is 1. The largest absolute Gasteiger partial charge is 0.380 e. The number of thioether (sulfide) groups is 1. The Labute approximate surface area is 153 Å². The van der Waals surface area contributed by atoms with Gasteiger partial charge in [0.05, 0.1) is 16.8 Å². The summed E-state index contributed by atoms with van der Waals surface area (Å²) in [5.74, 6) is 1.03. The Balaban J connectivity index is 1.56. The Bertz CT molecular complexity index is 923. The number of anilines is 1. The molecule has 25 heavy (non-hydrogen) atoms. The van der Waals surface area contributed by atoms with E-state index in [1.165, 1.54) is 4.70 Å². The fraction of sp³-hybridized carbons (Fsp3) is 0.235. The maximum absolute atomic E-state index is 4.63. The molecule has 4 rings (SSSR count). The number of rotatable bonds is 6. The van der Waals surface area contributed by atoms with Crippen molar-refractivity contribution in [3.63, 3.8) is 0 Å². The minimum Gasteiger partial charge on any atom is -0.380 e. The zero-order valence-electron chi connectivity index (χ0n) is 13.6. The van der Waals surface area contributed by atoms with Gasteiger partial charge in [-0.25, -0.2) is 4.98 Å². The second-order valence-electron chi connectivity index (χ2n) is 5.51. The van der Waals surface area contributed by atoms with Gasteiger partial charge in [0.15, 0.2) is 4.34 Å². The standard InChI is InChI=1S/C17H16N6S2/c1-2-24-16-19-14-9-8-13(10-15(14)25-16)18-11-17(20-22-23-21-17)12-6-4-3-5-7-12/h3-10,18H,2,11H2,1H3. The number of nitrogens with zero attached hydrogens (tertiary/aromatic N) is 5. The summed E-state index contributed by atoms with van der Waals surface area (Å²) in [5.41, 5.74) is 2.21. The van der Waals surface area contributed by atoms with Gasteiger partial charge in [-0.1, -0.05) is 49.0 Å². The van der Waals surface area contributed by atoms with Gasteiger partial charge in [0.1, 0.15) is 0 Å².